The summed E-state index contributed by atoms with van der Waals surface area (Å²) in [6.07, 6.45) is 3.19. The van der Waals surface area contributed by atoms with Crippen molar-refractivity contribution >= 4 is 35.6 Å². The van der Waals surface area contributed by atoms with Gasteiger partial charge in [0.05, 0.1) is 11.5 Å². The van der Waals surface area contributed by atoms with Crippen LogP contribution in [0.25, 0.3) is 0 Å². The Hall–Kier alpha value is -2.34. The average Bonchev–Trinajstić information content (AvgIpc) is 3.18. The van der Waals surface area contributed by atoms with Crippen LogP contribution in [0.15, 0.2) is 53.8 Å². The van der Waals surface area contributed by atoms with Crippen LogP contribution in [-0.2, 0) is 6.54 Å². The monoisotopic (exact) mass is 503 g/mol. The van der Waals surface area contributed by atoms with Crippen LogP contribution in [0.2, 0.25) is 0 Å². The molecular weight excluding hydrogens is 477 g/mol. The van der Waals surface area contributed by atoms with Gasteiger partial charge in [0.15, 0.2) is 5.96 Å². The highest BCUT2D eigenvalue weighted by Crippen LogP contribution is 2.17. The molecule has 0 aliphatic rings. The van der Waals surface area contributed by atoms with Crippen molar-refractivity contribution in [2.45, 2.75) is 19.6 Å². The van der Waals surface area contributed by atoms with Crippen LogP contribution in [0.3, 0.4) is 0 Å². The molecule has 0 amide bonds. The maximum atomic E-state index is 10.6. The second-order valence-corrected chi connectivity index (χ2v) is 5.78. The average molecular weight is 503 g/mol. The van der Waals surface area contributed by atoms with Gasteiger partial charge < -0.3 is 25.0 Å². The Morgan fingerprint density at radius 1 is 1.29 bits per heavy atom. The zero-order valence-corrected chi connectivity index (χ0v) is 18.0. The minimum absolute atomic E-state index is 0. The first-order valence-electron chi connectivity index (χ1n) is 8.76. The van der Waals surface area contributed by atoms with E-state index in [1.165, 1.54) is 24.3 Å². The lowest BCUT2D eigenvalue weighted by Crippen LogP contribution is -2.39. The molecule has 0 fully saturated rings. The molecule has 0 spiro atoms. The molecule has 1 unspecified atom stereocenters. The number of nitro benzene ring substituents is 1. The zero-order valence-electron chi connectivity index (χ0n) is 15.7. The maximum Gasteiger partial charge on any atom is 0.269 e. The Morgan fingerprint density at radius 2 is 1.96 bits per heavy atom. The van der Waals surface area contributed by atoms with Crippen molar-refractivity contribution in [3.05, 3.63) is 58.9 Å². The number of nitro groups is 1. The molecule has 0 aliphatic heterocycles. The van der Waals surface area contributed by atoms with Gasteiger partial charge in [-0.3, -0.25) is 15.1 Å². The Balaban J connectivity index is 0.00000392. The summed E-state index contributed by atoms with van der Waals surface area (Å²) in [6, 6.07) is 9.67. The fourth-order valence-electron chi connectivity index (χ4n) is 2.27. The van der Waals surface area contributed by atoms with Crippen LogP contribution >= 0.6 is 24.0 Å². The van der Waals surface area contributed by atoms with Gasteiger partial charge >= 0.3 is 0 Å². The molecular formula is C18H26IN5O4. The minimum Gasteiger partial charge on any atom is -0.491 e. The minimum atomic E-state index is -0.792. The molecule has 2 aromatic rings. The maximum absolute atomic E-state index is 10.6. The quantitative estimate of drug-likeness (QED) is 0.150. The molecule has 9 nitrogen and oxygen atoms in total. The second-order valence-electron chi connectivity index (χ2n) is 5.78. The van der Waals surface area contributed by atoms with E-state index in [4.69, 9.17) is 4.74 Å². The molecule has 1 heterocycles. The predicted octanol–water partition coefficient (Wildman–Crippen LogP) is 2.01. The summed E-state index contributed by atoms with van der Waals surface area (Å²) in [4.78, 5) is 14.5. The Labute approximate surface area is 181 Å². The summed E-state index contributed by atoms with van der Waals surface area (Å²) in [5.74, 6) is 1.08. The molecule has 2 rings (SSSR count). The number of hydrogen-bond donors (Lipinski definition) is 3. The van der Waals surface area contributed by atoms with Gasteiger partial charge in [0.2, 0.25) is 0 Å². The standard InChI is InChI=1S/C18H25N5O4.HI/c1-2-19-18(20-9-12-22-10-3-4-11-22)21-13-16(24)14-27-17-7-5-15(6-8-17)23(25)26;/h3-8,10-11,16,24H,2,9,12-14H2,1H3,(H2,19,20,21);1H. The molecule has 0 bridgehead atoms. The molecule has 1 aromatic heterocycles. The molecule has 10 heteroatoms. The molecule has 1 aromatic carbocycles. The number of halogens is 1. The molecule has 1 atom stereocenters. The van der Waals surface area contributed by atoms with Crippen molar-refractivity contribution < 1.29 is 14.8 Å². The van der Waals surface area contributed by atoms with E-state index in [0.717, 1.165) is 6.54 Å². The lowest BCUT2D eigenvalue weighted by molar-refractivity contribution is -0.384. The van der Waals surface area contributed by atoms with E-state index in [1.807, 2.05) is 31.5 Å². The van der Waals surface area contributed by atoms with Crippen molar-refractivity contribution in [1.29, 1.82) is 0 Å². The van der Waals surface area contributed by atoms with E-state index in [9.17, 15) is 15.2 Å². The van der Waals surface area contributed by atoms with Crippen molar-refractivity contribution in [3.8, 4) is 5.75 Å². The summed E-state index contributed by atoms with van der Waals surface area (Å²) in [7, 11) is 0. The van der Waals surface area contributed by atoms with Crippen LogP contribution in [-0.4, -0.2) is 52.9 Å². The number of hydrogen-bond acceptors (Lipinski definition) is 5. The van der Waals surface area contributed by atoms with Crippen LogP contribution in [0.4, 0.5) is 5.69 Å². The number of aliphatic imine (C=N–C) groups is 1. The Morgan fingerprint density at radius 3 is 2.57 bits per heavy atom. The summed E-state index contributed by atoms with van der Waals surface area (Å²) >= 11 is 0. The SMILES string of the molecule is CCNC(=NCC(O)COc1ccc([N+](=O)[O-])cc1)NCCn1cccc1.I. The van der Waals surface area contributed by atoms with E-state index in [0.29, 0.717) is 24.8 Å². The Bertz CT molecular complexity index is 722. The van der Waals surface area contributed by atoms with Crippen LogP contribution < -0.4 is 15.4 Å². The van der Waals surface area contributed by atoms with Crippen LogP contribution in [0.5, 0.6) is 5.75 Å². The third kappa shape index (κ3) is 8.57. The van der Waals surface area contributed by atoms with E-state index in [1.54, 1.807) is 0 Å². The first-order chi connectivity index (χ1) is 13.1. The second kappa shape index (κ2) is 12.9. The molecule has 0 saturated carbocycles. The van der Waals surface area contributed by atoms with Gasteiger partial charge in [0.1, 0.15) is 18.5 Å². The number of nitrogens with zero attached hydrogens (tertiary/aromatic N) is 3. The van der Waals surface area contributed by atoms with E-state index >= 15 is 0 Å². The van der Waals surface area contributed by atoms with E-state index < -0.39 is 11.0 Å². The van der Waals surface area contributed by atoms with Crippen molar-refractivity contribution in [3.63, 3.8) is 0 Å². The molecule has 0 aliphatic carbocycles. The lowest BCUT2D eigenvalue weighted by atomic mass is 10.3. The van der Waals surface area contributed by atoms with Crippen LogP contribution in [0, 0.1) is 10.1 Å². The van der Waals surface area contributed by atoms with Crippen molar-refractivity contribution in [2.75, 3.05) is 26.2 Å². The molecule has 0 saturated heterocycles. The van der Waals surface area contributed by atoms with E-state index in [-0.39, 0.29) is 42.8 Å². The molecule has 0 radical (unpaired) electrons. The number of nitrogens with one attached hydrogen (secondary N) is 2. The number of guanidine groups is 1. The largest absolute Gasteiger partial charge is 0.491 e. The predicted molar refractivity (Wildman–Crippen MR) is 118 cm³/mol. The van der Waals surface area contributed by atoms with Gasteiger partial charge in [-0.2, -0.15) is 0 Å². The first kappa shape index (κ1) is 23.7. The number of ether oxygens (including phenoxy) is 1. The summed E-state index contributed by atoms with van der Waals surface area (Å²) in [5.41, 5.74) is -0.00577. The fraction of sp³-hybridized carbons (Fsp3) is 0.389. The number of rotatable bonds is 10. The highest BCUT2D eigenvalue weighted by Gasteiger charge is 2.08. The number of aromatic nitrogens is 1. The lowest BCUT2D eigenvalue weighted by Gasteiger charge is -2.14. The zero-order chi connectivity index (χ0) is 19.5. The molecule has 154 valence electrons. The number of benzene rings is 1. The Kier molecular flexibility index (Phi) is 11.0. The fourth-order valence-corrected chi connectivity index (χ4v) is 2.27. The van der Waals surface area contributed by atoms with Crippen molar-refractivity contribution in [1.82, 2.24) is 15.2 Å². The highest BCUT2D eigenvalue weighted by molar-refractivity contribution is 14.0. The summed E-state index contributed by atoms with van der Waals surface area (Å²) < 4.78 is 7.50. The van der Waals surface area contributed by atoms with E-state index in [2.05, 4.69) is 20.2 Å². The summed E-state index contributed by atoms with van der Waals surface area (Å²) in [5, 5.41) is 27.0. The first-order valence-corrected chi connectivity index (χ1v) is 8.76. The molecule has 3 N–H and O–H groups in total. The van der Waals surface area contributed by atoms with Gasteiger partial charge in [0, 0.05) is 44.2 Å². The van der Waals surface area contributed by atoms with Crippen LogP contribution in [0.1, 0.15) is 6.92 Å². The van der Waals surface area contributed by atoms with Gasteiger partial charge in [-0.15, -0.1) is 24.0 Å². The third-order valence-corrected chi connectivity index (χ3v) is 3.62. The smallest absolute Gasteiger partial charge is 0.269 e. The number of aliphatic hydroxyl groups excluding tert-OH is 1. The van der Waals surface area contributed by atoms with Gasteiger partial charge in [-0.1, -0.05) is 0 Å². The van der Waals surface area contributed by atoms with Gasteiger partial charge in [-0.05, 0) is 31.2 Å². The topological polar surface area (TPSA) is 114 Å². The van der Waals surface area contributed by atoms with Crippen molar-refractivity contribution in [2.24, 2.45) is 4.99 Å². The highest BCUT2D eigenvalue weighted by atomic mass is 127. The number of aliphatic hydroxyl groups is 1. The summed E-state index contributed by atoms with van der Waals surface area (Å²) in [6.45, 7) is 4.41. The number of non-ortho nitro benzene ring substituents is 1. The normalized spacial score (nSPS) is 12.0. The third-order valence-electron chi connectivity index (χ3n) is 3.62. The van der Waals surface area contributed by atoms with Gasteiger partial charge in [0.25, 0.3) is 5.69 Å². The molecule has 28 heavy (non-hydrogen) atoms. The van der Waals surface area contributed by atoms with Gasteiger partial charge in [-0.25, -0.2) is 0 Å².